The molecule has 2 heterocycles. The summed E-state index contributed by atoms with van der Waals surface area (Å²) < 4.78 is 0. The van der Waals surface area contributed by atoms with Crippen LogP contribution in [0.15, 0.2) is 21.6 Å². The van der Waals surface area contributed by atoms with E-state index >= 15 is 0 Å². The van der Waals surface area contributed by atoms with E-state index in [9.17, 15) is 4.79 Å². The first kappa shape index (κ1) is 13.0. The number of hydrogen-bond donors (Lipinski definition) is 2. The van der Waals surface area contributed by atoms with Crippen molar-refractivity contribution in [3.63, 3.8) is 0 Å². The number of aryl methyl sites for hydroxylation is 2. The molecule has 96 valence electrons. The highest BCUT2D eigenvalue weighted by molar-refractivity contribution is 7.07. The first-order valence-electron chi connectivity index (χ1n) is 5.90. The van der Waals surface area contributed by atoms with Crippen molar-refractivity contribution in [1.82, 2.24) is 15.3 Å². The zero-order valence-electron chi connectivity index (χ0n) is 10.8. The van der Waals surface area contributed by atoms with E-state index in [-0.39, 0.29) is 11.6 Å². The summed E-state index contributed by atoms with van der Waals surface area (Å²) in [5.41, 5.74) is 2.70. The zero-order valence-corrected chi connectivity index (χ0v) is 11.6. The molecule has 2 N–H and O–H groups in total. The number of rotatable bonds is 4. The number of aromatic nitrogens is 2. The molecule has 0 radical (unpaired) electrons. The van der Waals surface area contributed by atoms with Crippen LogP contribution < -0.4 is 10.9 Å². The topological polar surface area (TPSA) is 57.8 Å². The van der Waals surface area contributed by atoms with Gasteiger partial charge in [0.05, 0.1) is 5.56 Å². The Kier molecular flexibility index (Phi) is 3.93. The third-order valence-corrected chi connectivity index (χ3v) is 3.62. The molecule has 0 spiro atoms. The van der Waals surface area contributed by atoms with Crippen molar-refractivity contribution in [1.29, 1.82) is 0 Å². The lowest BCUT2D eigenvalue weighted by atomic mass is 10.1. The lowest BCUT2D eigenvalue weighted by Gasteiger charge is -2.15. The van der Waals surface area contributed by atoms with E-state index in [0.717, 1.165) is 17.8 Å². The van der Waals surface area contributed by atoms with Crippen molar-refractivity contribution in [3.05, 3.63) is 49.8 Å². The van der Waals surface area contributed by atoms with Crippen LogP contribution in [-0.4, -0.2) is 9.97 Å². The van der Waals surface area contributed by atoms with Gasteiger partial charge in [0, 0.05) is 18.3 Å². The van der Waals surface area contributed by atoms with Gasteiger partial charge in [-0.25, -0.2) is 4.98 Å². The first-order chi connectivity index (χ1) is 8.58. The SMILES string of the molecule is Cc1nc(C)c(C(C)NCc2ccsc2)c(=O)[nH]1. The second kappa shape index (κ2) is 5.46. The summed E-state index contributed by atoms with van der Waals surface area (Å²) in [5, 5.41) is 7.50. The first-order valence-corrected chi connectivity index (χ1v) is 6.84. The van der Waals surface area contributed by atoms with Crippen LogP contribution in [0, 0.1) is 13.8 Å². The van der Waals surface area contributed by atoms with Crippen molar-refractivity contribution in [2.24, 2.45) is 0 Å². The molecule has 5 heteroatoms. The standard InChI is InChI=1S/C13H17N3OS/c1-8(14-6-11-4-5-18-7-11)12-9(2)15-10(3)16-13(12)17/h4-5,7-8,14H,6H2,1-3H3,(H,15,16,17). The molecule has 0 saturated heterocycles. The molecule has 0 aliphatic carbocycles. The van der Waals surface area contributed by atoms with E-state index in [2.05, 4.69) is 26.7 Å². The minimum atomic E-state index is -0.0506. The molecule has 2 aromatic heterocycles. The van der Waals surface area contributed by atoms with Gasteiger partial charge >= 0.3 is 0 Å². The van der Waals surface area contributed by atoms with E-state index < -0.39 is 0 Å². The van der Waals surface area contributed by atoms with Gasteiger partial charge in [0.2, 0.25) is 0 Å². The van der Waals surface area contributed by atoms with Crippen molar-refractivity contribution in [3.8, 4) is 0 Å². The van der Waals surface area contributed by atoms with Gasteiger partial charge in [-0.3, -0.25) is 4.79 Å². The largest absolute Gasteiger partial charge is 0.310 e. The number of nitrogens with zero attached hydrogens (tertiary/aromatic N) is 1. The fraction of sp³-hybridized carbons (Fsp3) is 0.385. The summed E-state index contributed by atoms with van der Waals surface area (Å²) in [4.78, 5) is 19.0. The fourth-order valence-corrected chi connectivity index (χ4v) is 2.68. The average Bonchev–Trinajstić information content (AvgIpc) is 2.77. The molecular weight excluding hydrogens is 246 g/mol. The molecular formula is C13H17N3OS. The minimum Gasteiger partial charge on any atom is -0.310 e. The molecule has 2 rings (SSSR count). The predicted octanol–water partition coefficient (Wildman–Crippen LogP) is 2.30. The molecule has 18 heavy (non-hydrogen) atoms. The maximum Gasteiger partial charge on any atom is 0.255 e. The van der Waals surface area contributed by atoms with Gasteiger partial charge in [0.1, 0.15) is 5.82 Å². The van der Waals surface area contributed by atoms with Gasteiger partial charge in [0.15, 0.2) is 0 Å². The van der Waals surface area contributed by atoms with Crippen molar-refractivity contribution < 1.29 is 0 Å². The van der Waals surface area contributed by atoms with Crippen molar-refractivity contribution in [2.45, 2.75) is 33.4 Å². The molecule has 1 unspecified atom stereocenters. The smallest absolute Gasteiger partial charge is 0.255 e. The Morgan fingerprint density at radius 3 is 2.89 bits per heavy atom. The van der Waals surface area contributed by atoms with E-state index in [1.54, 1.807) is 18.3 Å². The highest BCUT2D eigenvalue weighted by Gasteiger charge is 2.14. The van der Waals surface area contributed by atoms with Gasteiger partial charge in [-0.05, 0) is 43.2 Å². The van der Waals surface area contributed by atoms with E-state index in [0.29, 0.717) is 5.82 Å². The highest BCUT2D eigenvalue weighted by Crippen LogP contribution is 2.13. The van der Waals surface area contributed by atoms with Crippen molar-refractivity contribution >= 4 is 11.3 Å². The minimum absolute atomic E-state index is 0.0123. The molecule has 0 saturated carbocycles. The lowest BCUT2D eigenvalue weighted by molar-refractivity contribution is 0.563. The van der Waals surface area contributed by atoms with Gasteiger partial charge in [-0.2, -0.15) is 11.3 Å². The zero-order chi connectivity index (χ0) is 13.1. The maximum absolute atomic E-state index is 11.9. The summed E-state index contributed by atoms with van der Waals surface area (Å²) in [5.74, 6) is 0.659. The second-order valence-corrected chi connectivity index (χ2v) is 5.16. The van der Waals surface area contributed by atoms with Crippen LogP contribution in [-0.2, 0) is 6.54 Å². The monoisotopic (exact) mass is 263 g/mol. The van der Waals surface area contributed by atoms with Gasteiger partial charge < -0.3 is 10.3 Å². The van der Waals surface area contributed by atoms with Crippen LogP contribution >= 0.6 is 11.3 Å². The van der Waals surface area contributed by atoms with Gasteiger partial charge in [0.25, 0.3) is 5.56 Å². The van der Waals surface area contributed by atoms with Gasteiger partial charge in [-0.1, -0.05) is 0 Å². The number of thiophene rings is 1. The fourth-order valence-electron chi connectivity index (χ4n) is 2.01. The Morgan fingerprint density at radius 2 is 2.28 bits per heavy atom. The summed E-state index contributed by atoms with van der Waals surface area (Å²) in [6.45, 7) is 6.42. The molecule has 0 bridgehead atoms. The summed E-state index contributed by atoms with van der Waals surface area (Å²) in [6.07, 6.45) is 0. The summed E-state index contributed by atoms with van der Waals surface area (Å²) >= 11 is 1.68. The highest BCUT2D eigenvalue weighted by atomic mass is 32.1. The number of aromatic amines is 1. The normalized spacial score (nSPS) is 12.6. The Hall–Kier alpha value is -1.46. The third kappa shape index (κ3) is 2.86. The van der Waals surface area contributed by atoms with Crippen LogP contribution in [0.3, 0.4) is 0 Å². The van der Waals surface area contributed by atoms with E-state index in [1.807, 2.05) is 19.2 Å². The molecule has 0 aliphatic rings. The van der Waals surface area contributed by atoms with Crippen LogP contribution in [0.5, 0.6) is 0 Å². The van der Waals surface area contributed by atoms with Crippen molar-refractivity contribution in [2.75, 3.05) is 0 Å². The molecule has 2 aromatic rings. The summed E-state index contributed by atoms with van der Waals surface area (Å²) in [7, 11) is 0. The molecule has 1 atom stereocenters. The summed E-state index contributed by atoms with van der Waals surface area (Å²) in [6, 6.07) is 2.07. The molecule has 0 aliphatic heterocycles. The quantitative estimate of drug-likeness (QED) is 0.890. The number of H-pyrrole nitrogens is 1. The predicted molar refractivity (Wildman–Crippen MR) is 73.9 cm³/mol. The Labute approximate surface area is 110 Å². The Balaban J connectivity index is 2.14. The van der Waals surface area contributed by atoms with Crippen LogP contribution in [0.4, 0.5) is 0 Å². The Morgan fingerprint density at radius 1 is 1.50 bits per heavy atom. The van der Waals surface area contributed by atoms with E-state index in [1.165, 1.54) is 5.56 Å². The number of nitrogens with one attached hydrogen (secondary N) is 2. The second-order valence-electron chi connectivity index (χ2n) is 4.38. The van der Waals surface area contributed by atoms with Crippen LogP contribution in [0.25, 0.3) is 0 Å². The molecule has 0 fully saturated rings. The average molecular weight is 263 g/mol. The molecule has 4 nitrogen and oxygen atoms in total. The van der Waals surface area contributed by atoms with Crippen LogP contribution in [0.2, 0.25) is 0 Å². The van der Waals surface area contributed by atoms with Gasteiger partial charge in [-0.15, -0.1) is 0 Å². The molecule has 0 amide bonds. The van der Waals surface area contributed by atoms with Crippen LogP contribution in [0.1, 0.15) is 35.6 Å². The Bertz CT molecular complexity index is 574. The lowest BCUT2D eigenvalue weighted by Crippen LogP contribution is -2.27. The third-order valence-electron chi connectivity index (χ3n) is 2.89. The molecule has 0 aromatic carbocycles. The number of hydrogen-bond acceptors (Lipinski definition) is 4. The van der Waals surface area contributed by atoms with E-state index in [4.69, 9.17) is 0 Å². The maximum atomic E-state index is 11.9.